The first-order chi connectivity index (χ1) is 11.1. The number of likely N-dealkylation sites (N-methyl/N-ethyl adjacent to an activating group) is 1. The lowest BCUT2D eigenvalue weighted by atomic mass is 9.69. The molecular weight excluding hydrogens is 292 g/mol. The molecule has 0 saturated carbocycles. The fraction of sp³-hybridized carbons (Fsp3) is 0.765. The second-order valence-electron chi connectivity index (χ2n) is 7.16. The van der Waals surface area contributed by atoms with E-state index in [0.717, 1.165) is 44.6 Å². The van der Waals surface area contributed by atoms with Crippen molar-refractivity contribution in [2.75, 3.05) is 33.3 Å². The molecular formula is C17H28N4O2. The maximum Gasteiger partial charge on any atom is 0.224 e. The van der Waals surface area contributed by atoms with Gasteiger partial charge in [-0.2, -0.15) is 5.10 Å². The van der Waals surface area contributed by atoms with Gasteiger partial charge in [-0.25, -0.2) is 0 Å². The Bertz CT molecular complexity index is 559. The summed E-state index contributed by atoms with van der Waals surface area (Å²) in [7, 11) is 2.12. The summed E-state index contributed by atoms with van der Waals surface area (Å²) >= 11 is 0. The van der Waals surface area contributed by atoms with Crippen molar-refractivity contribution >= 4 is 5.91 Å². The van der Waals surface area contributed by atoms with Gasteiger partial charge >= 0.3 is 0 Å². The molecule has 0 bridgehead atoms. The fourth-order valence-corrected chi connectivity index (χ4v) is 4.24. The third kappa shape index (κ3) is 3.15. The van der Waals surface area contributed by atoms with Crippen LogP contribution in [0.15, 0.2) is 12.3 Å². The van der Waals surface area contributed by atoms with Gasteiger partial charge in [-0.15, -0.1) is 0 Å². The van der Waals surface area contributed by atoms with E-state index in [9.17, 15) is 9.90 Å². The number of hydrogen-bond acceptors (Lipinski definition) is 4. The van der Waals surface area contributed by atoms with E-state index in [-0.39, 0.29) is 24.0 Å². The first kappa shape index (κ1) is 16.5. The first-order valence-corrected chi connectivity index (χ1v) is 8.63. The van der Waals surface area contributed by atoms with Crippen LogP contribution in [-0.2, 0) is 11.3 Å². The summed E-state index contributed by atoms with van der Waals surface area (Å²) in [5.41, 5.74) is 1.07. The van der Waals surface area contributed by atoms with Crippen LogP contribution in [0.3, 0.4) is 0 Å². The molecule has 2 aliphatic rings. The number of aryl methyl sites for hydroxylation is 2. The number of carbonyl (C=O) groups is 1. The number of nitrogens with zero attached hydrogens (tertiary/aromatic N) is 4. The number of aliphatic hydroxyl groups is 1. The van der Waals surface area contributed by atoms with Gasteiger partial charge < -0.3 is 14.9 Å². The summed E-state index contributed by atoms with van der Waals surface area (Å²) in [4.78, 5) is 16.9. The highest BCUT2D eigenvalue weighted by Crippen LogP contribution is 2.41. The summed E-state index contributed by atoms with van der Waals surface area (Å²) in [6, 6.07) is 2.24. The molecule has 2 atom stereocenters. The summed E-state index contributed by atoms with van der Waals surface area (Å²) in [5.74, 6) is 0.199. The molecule has 1 amide bonds. The van der Waals surface area contributed by atoms with Crippen molar-refractivity contribution in [3.05, 3.63) is 18.0 Å². The number of likely N-dealkylation sites (tertiary alicyclic amines) is 2. The average molecular weight is 320 g/mol. The van der Waals surface area contributed by atoms with Crippen molar-refractivity contribution in [1.29, 1.82) is 0 Å². The minimum atomic E-state index is -0.0116. The predicted octanol–water partition coefficient (Wildman–Crippen LogP) is 0.887. The number of aromatic nitrogens is 2. The van der Waals surface area contributed by atoms with Gasteiger partial charge in [-0.1, -0.05) is 0 Å². The quantitative estimate of drug-likeness (QED) is 0.895. The Labute approximate surface area is 138 Å². The number of carbonyl (C=O) groups excluding carboxylic acids is 1. The number of fused-ring (bicyclic) bond motifs is 1. The SMILES string of the molecule is Cc1ccnn1CCC(=O)N1CC[C@@]2(CO)CCCN(C)[C@@H]2C1. The van der Waals surface area contributed by atoms with Crippen molar-refractivity contribution in [2.45, 2.75) is 45.2 Å². The topological polar surface area (TPSA) is 61.6 Å². The maximum absolute atomic E-state index is 12.6. The number of aliphatic hydroxyl groups excluding tert-OH is 1. The second kappa shape index (κ2) is 6.61. The molecule has 23 heavy (non-hydrogen) atoms. The van der Waals surface area contributed by atoms with E-state index >= 15 is 0 Å². The van der Waals surface area contributed by atoms with Crippen molar-refractivity contribution in [3.8, 4) is 0 Å². The molecule has 1 aromatic heterocycles. The van der Waals surface area contributed by atoms with E-state index in [1.165, 1.54) is 0 Å². The molecule has 3 rings (SSSR count). The molecule has 1 aromatic rings. The zero-order valence-corrected chi connectivity index (χ0v) is 14.2. The number of rotatable bonds is 4. The Morgan fingerprint density at radius 2 is 2.26 bits per heavy atom. The Balaban J connectivity index is 1.61. The van der Waals surface area contributed by atoms with Gasteiger partial charge in [0.25, 0.3) is 0 Å². The van der Waals surface area contributed by atoms with Crippen LogP contribution in [-0.4, -0.2) is 69.9 Å². The zero-order chi connectivity index (χ0) is 16.4. The fourth-order valence-electron chi connectivity index (χ4n) is 4.24. The molecule has 0 aliphatic carbocycles. The van der Waals surface area contributed by atoms with Crippen LogP contribution in [0, 0.1) is 12.3 Å². The van der Waals surface area contributed by atoms with Crippen LogP contribution in [0.5, 0.6) is 0 Å². The number of hydrogen-bond donors (Lipinski definition) is 1. The third-order valence-corrected chi connectivity index (χ3v) is 5.83. The van der Waals surface area contributed by atoms with Gasteiger partial charge in [0.05, 0.1) is 6.61 Å². The summed E-state index contributed by atoms with van der Waals surface area (Å²) in [6.07, 6.45) is 5.39. The van der Waals surface area contributed by atoms with Crippen LogP contribution >= 0.6 is 0 Å². The normalized spacial score (nSPS) is 28.7. The molecule has 0 aromatic carbocycles. The summed E-state index contributed by atoms with van der Waals surface area (Å²) < 4.78 is 1.88. The minimum absolute atomic E-state index is 0.0116. The molecule has 2 fully saturated rings. The highest BCUT2D eigenvalue weighted by atomic mass is 16.3. The Morgan fingerprint density at radius 3 is 2.96 bits per heavy atom. The van der Waals surface area contributed by atoms with Gasteiger partial charge in [0.1, 0.15) is 0 Å². The molecule has 1 N–H and O–H groups in total. The third-order valence-electron chi connectivity index (χ3n) is 5.83. The molecule has 3 heterocycles. The summed E-state index contributed by atoms with van der Waals surface area (Å²) in [5, 5.41) is 14.2. The van der Waals surface area contributed by atoms with E-state index in [4.69, 9.17) is 0 Å². The standard InChI is InChI=1S/C17H28N4O2/c1-14-4-8-18-21(14)10-5-16(23)20-11-7-17(13-22)6-3-9-19(2)15(17)12-20/h4,8,15,22H,3,5-7,9-13H2,1-2H3/t15-,17-/m1/s1. The second-order valence-corrected chi connectivity index (χ2v) is 7.16. The largest absolute Gasteiger partial charge is 0.396 e. The smallest absolute Gasteiger partial charge is 0.224 e. The highest BCUT2D eigenvalue weighted by molar-refractivity contribution is 5.76. The van der Waals surface area contributed by atoms with Crippen molar-refractivity contribution < 1.29 is 9.90 Å². The molecule has 6 heteroatoms. The van der Waals surface area contributed by atoms with E-state index < -0.39 is 0 Å². The Hall–Kier alpha value is -1.40. The van der Waals surface area contributed by atoms with E-state index in [2.05, 4.69) is 17.0 Å². The van der Waals surface area contributed by atoms with E-state index in [1.54, 1.807) is 6.20 Å². The molecule has 6 nitrogen and oxygen atoms in total. The van der Waals surface area contributed by atoms with Gasteiger partial charge in [-0.05, 0) is 45.8 Å². The van der Waals surface area contributed by atoms with Crippen LogP contribution in [0.2, 0.25) is 0 Å². The number of piperidine rings is 2. The lowest BCUT2D eigenvalue weighted by Gasteiger charge is -2.53. The van der Waals surface area contributed by atoms with Gasteiger partial charge in [0, 0.05) is 49.4 Å². The maximum atomic E-state index is 12.6. The van der Waals surface area contributed by atoms with E-state index in [1.807, 2.05) is 22.6 Å². The van der Waals surface area contributed by atoms with Gasteiger partial charge in [0.2, 0.25) is 5.91 Å². The Morgan fingerprint density at radius 1 is 1.43 bits per heavy atom. The summed E-state index contributed by atoms with van der Waals surface area (Å²) in [6.45, 7) is 5.44. The molecule has 128 valence electrons. The molecule has 2 saturated heterocycles. The Kier molecular flexibility index (Phi) is 4.73. The van der Waals surface area contributed by atoms with Crippen molar-refractivity contribution in [3.63, 3.8) is 0 Å². The minimum Gasteiger partial charge on any atom is -0.396 e. The van der Waals surface area contributed by atoms with Gasteiger partial charge in [0.15, 0.2) is 0 Å². The van der Waals surface area contributed by atoms with Crippen LogP contribution in [0.1, 0.15) is 31.4 Å². The lowest BCUT2D eigenvalue weighted by Crippen LogP contribution is -2.62. The van der Waals surface area contributed by atoms with E-state index in [0.29, 0.717) is 13.0 Å². The van der Waals surface area contributed by atoms with Crippen LogP contribution in [0.25, 0.3) is 0 Å². The van der Waals surface area contributed by atoms with Gasteiger partial charge in [-0.3, -0.25) is 9.48 Å². The van der Waals surface area contributed by atoms with Crippen LogP contribution in [0.4, 0.5) is 0 Å². The average Bonchev–Trinajstić information content (AvgIpc) is 2.97. The van der Waals surface area contributed by atoms with Crippen molar-refractivity contribution in [1.82, 2.24) is 19.6 Å². The molecule has 0 radical (unpaired) electrons. The zero-order valence-electron chi connectivity index (χ0n) is 14.2. The predicted molar refractivity (Wildman–Crippen MR) is 87.9 cm³/mol. The lowest BCUT2D eigenvalue weighted by molar-refractivity contribution is -0.140. The monoisotopic (exact) mass is 320 g/mol. The molecule has 0 unspecified atom stereocenters. The molecule has 2 aliphatic heterocycles. The molecule has 0 spiro atoms. The highest BCUT2D eigenvalue weighted by Gasteiger charge is 2.47. The van der Waals surface area contributed by atoms with Crippen LogP contribution < -0.4 is 0 Å². The number of amides is 1. The first-order valence-electron chi connectivity index (χ1n) is 8.63. The van der Waals surface area contributed by atoms with Crippen molar-refractivity contribution in [2.24, 2.45) is 5.41 Å².